The van der Waals surface area contributed by atoms with Gasteiger partial charge in [0.05, 0.1) is 24.9 Å². The number of aliphatic hydroxyl groups is 3. The summed E-state index contributed by atoms with van der Waals surface area (Å²) in [5, 5.41) is 115. The van der Waals surface area contributed by atoms with Crippen molar-refractivity contribution in [2.75, 3.05) is 18.8 Å². The van der Waals surface area contributed by atoms with Crippen molar-refractivity contribution in [3.63, 3.8) is 0 Å². The summed E-state index contributed by atoms with van der Waals surface area (Å²) < 4.78 is 0. The Morgan fingerprint density at radius 1 is 0.364 bits per heavy atom. The Kier molecular flexibility index (Phi) is 47.3. The zero-order valence-corrected chi connectivity index (χ0v) is 71.1. The van der Waals surface area contributed by atoms with Crippen molar-refractivity contribution in [2.45, 2.75) is 295 Å². The second kappa shape index (κ2) is 53.0. The molecule has 1 aliphatic heterocycles. The number of carbonyl (C=O) groups excluding carboxylic acids is 16. The van der Waals surface area contributed by atoms with Crippen LogP contribution in [0.4, 0.5) is 0 Å². The second-order valence-corrected chi connectivity index (χ2v) is 31.2. The van der Waals surface area contributed by atoms with Gasteiger partial charge in [0.2, 0.25) is 94.5 Å². The van der Waals surface area contributed by atoms with E-state index >= 15 is 0 Å². The lowest BCUT2D eigenvalue weighted by Gasteiger charge is -2.34. The first kappa shape index (κ1) is 108. The van der Waals surface area contributed by atoms with E-state index < -0.39 is 321 Å². The van der Waals surface area contributed by atoms with E-state index in [9.17, 15) is 142 Å². The number of carbonyl (C=O) groups is 21. The molecule has 20 atom stereocenters. The lowest BCUT2D eigenvalue weighted by atomic mass is 9.95. The zero-order chi connectivity index (χ0) is 92.9. The van der Waals surface area contributed by atoms with Crippen LogP contribution in [0.15, 0.2) is 0 Å². The number of amides is 16. The SMILES string of the molecule is CC[C@H](C)[C@H](NC(=O)[C@@H](NC(=O)[C@H](CCC(=O)O)NC(=O)[C@@H](NC(=O)[C@H](CC(C)C)NC(=O)[C@H](C)NC(=O)[C@H](C)NC(=O)[C@@H](NC(=O)CN)[C@@H](C)O)[C@@H](C)O)C(C)C)C(=O)N1CCC[C@H]1C(=O)N[C@@H](CC(C)C)C(=O)N[C@H](C(=O)N[C@@H](CCC(=O)O)C(=O)N[C@@H](CCC(=O)O)C(=O)N[C@@H](C)C(=O)N[C@@H](CCC(=O)O)C(=O)N[C@@H](CS)C(=O)O)[C@@H](C)O. The molecule has 0 bridgehead atoms. The summed E-state index contributed by atoms with van der Waals surface area (Å²) in [5.41, 5.74) is 5.30. The lowest BCUT2D eigenvalue weighted by Crippen LogP contribution is -2.63. The van der Waals surface area contributed by atoms with Gasteiger partial charge < -0.3 is 131 Å². The largest absolute Gasteiger partial charge is 0.481 e. The van der Waals surface area contributed by atoms with E-state index in [1.807, 2.05) is 0 Å². The third kappa shape index (κ3) is 38.1. The smallest absolute Gasteiger partial charge is 0.327 e. The highest BCUT2D eigenvalue weighted by Crippen LogP contribution is 2.24. The Labute approximate surface area is 704 Å². The van der Waals surface area contributed by atoms with Gasteiger partial charge in [-0.1, -0.05) is 61.8 Å². The zero-order valence-electron chi connectivity index (χ0n) is 70.2. The fraction of sp³-hybridized carbons (Fsp3) is 0.716. The molecule has 684 valence electrons. The molecule has 1 rings (SSSR count). The van der Waals surface area contributed by atoms with Crippen LogP contribution in [-0.2, 0) is 101 Å². The first-order chi connectivity index (χ1) is 56.2. The normalized spacial score (nSPS) is 17.2. The van der Waals surface area contributed by atoms with E-state index in [2.05, 4.69) is 92.4 Å². The van der Waals surface area contributed by atoms with Gasteiger partial charge in [-0.15, -0.1) is 0 Å². The molecule has 1 aliphatic rings. The molecule has 0 spiro atoms. The number of aliphatic carboxylic acids is 5. The Balaban J connectivity index is 3.55. The Morgan fingerprint density at radius 3 is 1.01 bits per heavy atom. The van der Waals surface area contributed by atoms with Crippen molar-refractivity contribution >= 4 is 137 Å². The van der Waals surface area contributed by atoms with Crippen LogP contribution in [0.5, 0.6) is 0 Å². The monoisotopic (exact) mass is 1750 g/mol. The van der Waals surface area contributed by atoms with Crippen molar-refractivity contribution in [1.82, 2.24) is 84.7 Å². The van der Waals surface area contributed by atoms with Gasteiger partial charge in [-0.2, -0.15) is 12.6 Å². The van der Waals surface area contributed by atoms with E-state index in [1.165, 1.54) is 34.6 Å². The molecule has 25 N–H and O–H groups in total. The Bertz CT molecular complexity index is 3660. The van der Waals surface area contributed by atoms with Crippen LogP contribution in [0.1, 0.15) is 180 Å². The molecule has 1 fully saturated rings. The highest BCUT2D eigenvalue weighted by atomic mass is 32.1. The van der Waals surface area contributed by atoms with Crippen molar-refractivity contribution in [2.24, 2.45) is 29.4 Å². The first-order valence-electron chi connectivity index (χ1n) is 39.5. The summed E-state index contributed by atoms with van der Waals surface area (Å²) >= 11 is 3.85. The predicted octanol–water partition coefficient (Wildman–Crippen LogP) is -7.32. The molecule has 1 heterocycles. The molecule has 47 heteroatoms. The molecule has 0 saturated carbocycles. The number of aliphatic hydroxyl groups excluding tert-OH is 3. The molecule has 1 saturated heterocycles. The number of likely N-dealkylation sites (tertiary alicyclic amines) is 1. The Hall–Kier alpha value is -10.9. The van der Waals surface area contributed by atoms with Crippen LogP contribution < -0.4 is 85.5 Å². The van der Waals surface area contributed by atoms with Gasteiger partial charge >= 0.3 is 29.8 Å². The number of carboxylic acid groups (broad SMARTS) is 5. The van der Waals surface area contributed by atoms with Crippen LogP contribution in [-0.4, -0.2) is 304 Å². The number of nitrogens with zero attached hydrogens (tertiary/aromatic N) is 1. The third-order valence-electron chi connectivity index (χ3n) is 19.1. The minimum absolute atomic E-state index is 0.00445. The fourth-order valence-corrected chi connectivity index (χ4v) is 12.2. The van der Waals surface area contributed by atoms with E-state index in [-0.39, 0.29) is 44.6 Å². The fourth-order valence-electron chi connectivity index (χ4n) is 12.0. The molecule has 121 heavy (non-hydrogen) atoms. The standard InChI is InChI=1S/C74H123N17O29S/c1-15-34(8)55(88-69(114)54(33(6)7)87-65(110)44(21-25-53(102)103)82-72(117)58(40(14)94)89-66(111)45(27-31(2)3)83-61(106)36(10)76-59(104)35(9)78-70(115)56(38(12)92)86-49(95)29-75)73(118)91-26-16-17-48(91)68(113)84-46(28-32(4)5)67(112)90-57(39(13)93)71(116)81-43(20-24-52(100)101)63(108)80-41(18-22-50(96)97)62(107)77-37(11)60(105)79-42(19-23-51(98)99)64(109)85-47(30-121)74(119)120/h31-48,54-58,92-94,121H,15-30,75H2,1-14H3,(H,76,104)(H,77,107)(H,78,115)(H,79,105)(H,80,108)(H,81,116)(H,82,117)(H,83,106)(H,84,113)(H,85,109)(H,86,95)(H,87,110)(H,88,114)(H,89,111)(H,90,112)(H,96,97)(H,98,99)(H,100,101)(H,102,103)(H,119,120)/t34-,35-,36-,37-,38+,39+,40+,41-,42-,43-,44-,45-,46-,47-,48-,54-,55-,56-,57-,58-/m0/s1. The maximum absolute atomic E-state index is 14.9. The molecule has 16 amide bonds. The summed E-state index contributed by atoms with van der Waals surface area (Å²) in [4.78, 5) is 280. The molecule has 0 aliphatic carbocycles. The molecular formula is C74H123N17O29S. The van der Waals surface area contributed by atoms with Crippen LogP contribution in [0, 0.1) is 23.7 Å². The van der Waals surface area contributed by atoms with Gasteiger partial charge in [0.1, 0.15) is 96.7 Å². The van der Waals surface area contributed by atoms with Gasteiger partial charge in [-0.3, -0.25) is 95.9 Å². The van der Waals surface area contributed by atoms with Crippen LogP contribution in [0.25, 0.3) is 0 Å². The summed E-state index contributed by atoms with van der Waals surface area (Å²) in [6.45, 7) is 19.2. The molecular weight excluding hydrogens is 1620 g/mol. The van der Waals surface area contributed by atoms with Crippen molar-refractivity contribution in [1.29, 1.82) is 0 Å². The topological polar surface area (TPSA) is 730 Å². The van der Waals surface area contributed by atoms with E-state index in [4.69, 9.17) is 5.73 Å². The van der Waals surface area contributed by atoms with Crippen molar-refractivity contribution in [3.8, 4) is 0 Å². The Morgan fingerprint density at radius 2 is 0.653 bits per heavy atom. The minimum Gasteiger partial charge on any atom is -0.481 e. The van der Waals surface area contributed by atoms with Crippen LogP contribution >= 0.6 is 12.6 Å². The van der Waals surface area contributed by atoms with Gasteiger partial charge in [0, 0.05) is 38.0 Å². The van der Waals surface area contributed by atoms with Gasteiger partial charge in [0.15, 0.2) is 0 Å². The molecule has 0 aromatic carbocycles. The van der Waals surface area contributed by atoms with E-state index in [0.29, 0.717) is 0 Å². The number of nitrogens with two attached hydrogens (primary N) is 1. The van der Waals surface area contributed by atoms with Crippen LogP contribution in [0.3, 0.4) is 0 Å². The minimum atomic E-state index is -2.01. The highest BCUT2D eigenvalue weighted by Gasteiger charge is 2.44. The molecule has 0 radical (unpaired) electrons. The number of hydrogen-bond acceptors (Lipinski definition) is 26. The van der Waals surface area contributed by atoms with Crippen molar-refractivity contribution < 1.29 is 142 Å². The number of carboxylic acids is 5. The highest BCUT2D eigenvalue weighted by molar-refractivity contribution is 7.80. The maximum Gasteiger partial charge on any atom is 0.327 e. The maximum atomic E-state index is 14.9. The lowest BCUT2D eigenvalue weighted by molar-refractivity contribution is -0.144. The summed E-state index contributed by atoms with van der Waals surface area (Å²) in [5.74, 6) is -27.1. The average molecular weight is 1750 g/mol. The van der Waals surface area contributed by atoms with Gasteiger partial charge in [-0.25, -0.2) is 4.79 Å². The van der Waals surface area contributed by atoms with E-state index in [0.717, 1.165) is 25.7 Å². The summed E-state index contributed by atoms with van der Waals surface area (Å²) in [6, 6.07) is -26.1. The molecule has 46 nitrogen and oxygen atoms in total. The summed E-state index contributed by atoms with van der Waals surface area (Å²) in [7, 11) is 0. The number of thiol groups is 1. The van der Waals surface area contributed by atoms with Crippen LogP contribution in [0.2, 0.25) is 0 Å². The number of hydrogen-bond donors (Lipinski definition) is 25. The molecule has 0 aromatic heterocycles. The second-order valence-electron chi connectivity index (χ2n) is 30.9. The quantitative estimate of drug-likeness (QED) is 0.0252. The van der Waals surface area contributed by atoms with Crippen molar-refractivity contribution in [3.05, 3.63) is 0 Å². The number of rotatable bonds is 55. The van der Waals surface area contributed by atoms with Gasteiger partial charge in [0.25, 0.3) is 0 Å². The summed E-state index contributed by atoms with van der Waals surface area (Å²) in [6.07, 6.45) is -10.7. The first-order valence-corrected chi connectivity index (χ1v) is 40.2. The number of nitrogens with one attached hydrogen (secondary N) is 15. The van der Waals surface area contributed by atoms with Gasteiger partial charge in [-0.05, 0) is 117 Å². The molecule has 0 unspecified atom stereocenters. The predicted molar refractivity (Wildman–Crippen MR) is 427 cm³/mol. The van der Waals surface area contributed by atoms with E-state index in [1.54, 1.807) is 41.5 Å². The molecule has 0 aromatic rings. The third-order valence-corrected chi connectivity index (χ3v) is 19.5. The average Bonchev–Trinajstić information content (AvgIpc) is 1.84.